The number of ether oxygens (including phenoxy) is 1. The summed E-state index contributed by atoms with van der Waals surface area (Å²) in [7, 11) is 0. The Morgan fingerprint density at radius 2 is 2.35 bits per heavy atom. The van der Waals surface area contributed by atoms with Crippen molar-refractivity contribution in [3.05, 3.63) is 34.9 Å². The summed E-state index contributed by atoms with van der Waals surface area (Å²) in [5, 5.41) is 2.72. The third-order valence-corrected chi connectivity index (χ3v) is 2.42. The van der Waals surface area contributed by atoms with Crippen molar-refractivity contribution in [1.29, 1.82) is 0 Å². The zero-order valence-corrected chi connectivity index (χ0v) is 9.37. The second kappa shape index (κ2) is 4.71. The van der Waals surface area contributed by atoms with E-state index in [0.717, 1.165) is 5.56 Å². The van der Waals surface area contributed by atoms with Crippen molar-refractivity contribution in [3.8, 4) is 11.8 Å². The molecule has 0 atom stereocenters. The summed E-state index contributed by atoms with van der Waals surface area (Å²) in [6, 6.07) is 5.28. The number of carbonyl (C=O) groups is 2. The lowest BCUT2D eigenvalue weighted by Crippen LogP contribution is -2.12. The minimum atomic E-state index is -0.553. The molecule has 0 aliphatic carbocycles. The van der Waals surface area contributed by atoms with Crippen LogP contribution in [0.1, 0.15) is 28.4 Å². The Kier molecular flexibility index (Phi) is 3.10. The van der Waals surface area contributed by atoms with E-state index in [1.54, 1.807) is 25.1 Å². The molecule has 1 amide bonds. The van der Waals surface area contributed by atoms with Gasteiger partial charge in [0.1, 0.15) is 0 Å². The van der Waals surface area contributed by atoms with Gasteiger partial charge in [-0.25, -0.2) is 4.79 Å². The number of amides is 1. The minimum Gasteiger partial charge on any atom is -0.456 e. The number of nitrogens with one attached hydrogen (secondary N) is 1. The van der Waals surface area contributed by atoms with Gasteiger partial charge in [-0.15, -0.1) is 0 Å². The molecule has 2 rings (SSSR count). The average Bonchev–Trinajstić information content (AvgIpc) is 2.70. The molecule has 0 saturated heterocycles. The molecule has 0 fully saturated rings. The number of esters is 1. The fourth-order valence-electron chi connectivity index (χ4n) is 1.66. The molecular weight excluding hydrogens is 218 g/mol. The van der Waals surface area contributed by atoms with Crippen molar-refractivity contribution >= 4 is 11.9 Å². The SMILES string of the molecule is CCOC(=O)C#Cc1cccc2c1CNC2=O. The fraction of sp³-hybridized carbons (Fsp3) is 0.231. The van der Waals surface area contributed by atoms with E-state index in [-0.39, 0.29) is 5.91 Å². The zero-order chi connectivity index (χ0) is 12.3. The monoisotopic (exact) mass is 229 g/mol. The first kappa shape index (κ1) is 11.2. The van der Waals surface area contributed by atoms with Gasteiger partial charge >= 0.3 is 5.97 Å². The number of fused-ring (bicyclic) bond motifs is 1. The van der Waals surface area contributed by atoms with Gasteiger partial charge in [0.25, 0.3) is 5.91 Å². The summed E-state index contributed by atoms with van der Waals surface area (Å²) >= 11 is 0. The summed E-state index contributed by atoms with van der Waals surface area (Å²) in [4.78, 5) is 22.5. The van der Waals surface area contributed by atoms with Crippen LogP contribution < -0.4 is 5.32 Å². The summed E-state index contributed by atoms with van der Waals surface area (Å²) < 4.78 is 4.71. The summed E-state index contributed by atoms with van der Waals surface area (Å²) in [6.45, 7) is 2.49. The lowest BCUT2D eigenvalue weighted by Gasteiger charge is -1.98. The van der Waals surface area contributed by atoms with Gasteiger partial charge in [0, 0.05) is 23.6 Å². The first-order valence-electron chi connectivity index (χ1n) is 5.31. The van der Waals surface area contributed by atoms with Crippen molar-refractivity contribution in [3.63, 3.8) is 0 Å². The van der Waals surface area contributed by atoms with Crippen molar-refractivity contribution in [1.82, 2.24) is 5.32 Å². The molecule has 1 aromatic carbocycles. The third-order valence-electron chi connectivity index (χ3n) is 2.42. The molecule has 0 spiro atoms. The van der Waals surface area contributed by atoms with Crippen molar-refractivity contribution in [2.24, 2.45) is 0 Å². The maximum atomic E-state index is 11.4. The quantitative estimate of drug-likeness (QED) is 0.573. The van der Waals surface area contributed by atoms with Crippen LogP contribution in [0.3, 0.4) is 0 Å². The smallest absolute Gasteiger partial charge is 0.384 e. The number of benzene rings is 1. The zero-order valence-electron chi connectivity index (χ0n) is 9.37. The Labute approximate surface area is 99.0 Å². The van der Waals surface area contributed by atoms with Gasteiger partial charge in [-0.2, -0.15) is 0 Å². The molecule has 0 unspecified atom stereocenters. The highest BCUT2D eigenvalue weighted by atomic mass is 16.5. The van der Waals surface area contributed by atoms with Crippen molar-refractivity contribution in [2.45, 2.75) is 13.5 Å². The van der Waals surface area contributed by atoms with Gasteiger partial charge in [0.15, 0.2) is 0 Å². The molecular formula is C13H11NO3. The predicted molar refractivity (Wildman–Crippen MR) is 61.1 cm³/mol. The van der Waals surface area contributed by atoms with Crippen LogP contribution >= 0.6 is 0 Å². The highest BCUT2D eigenvalue weighted by Gasteiger charge is 2.20. The molecule has 17 heavy (non-hydrogen) atoms. The van der Waals surface area contributed by atoms with E-state index in [1.165, 1.54) is 0 Å². The molecule has 1 heterocycles. The predicted octanol–water partition coefficient (Wildman–Crippen LogP) is 0.845. The van der Waals surface area contributed by atoms with E-state index in [9.17, 15) is 9.59 Å². The van der Waals surface area contributed by atoms with Crippen LogP contribution in [0.15, 0.2) is 18.2 Å². The van der Waals surface area contributed by atoms with Crippen LogP contribution in [0.25, 0.3) is 0 Å². The van der Waals surface area contributed by atoms with E-state index in [0.29, 0.717) is 24.3 Å². The molecule has 1 aromatic rings. The maximum Gasteiger partial charge on any atom is 0.384 e. The summed E-state index contributed by atoms with van der Waals surface area (Å²) in [5.74, 6) is 4.48. The number of hydrogen-bond acceptors (Lipinski definition) is 3. The highest BCUT2D eigenvalue weighted by Crippen LogP contribution is 2.18. The van der Waals surface area contributed by atoms with E-state index in [2.05, 4.69) is 17.2 Å². The fourth-order valence-corrected chi connectivity index (χ4v) is 1.66. The number of carbonyl (C=O) groups excluding carboxylic acids is 2. The molecule has 4 heteroatoms. The lowest BCUT2D eigenvalue weighted by atomic mass is 10.0. The molecule has 4 nitrogen and oxygen atoms in total. The second-order valence-electron chi connectivity index (χ2n) is 3.48. The molecule has 1 aliphatic heterocycles. The van der Waals surface area contributed by atoms with Gasteiger partial charge in [0.2, 0.25) is 0 Å². The molecule has 1 N–H and O–H groups in total. The molecule has 1 aliphatic rings. The Balaban J connectivity index is 2.29. The van der Waals surface area contributed by atoms with Gasteiger partial charge in [0.05, 0.1) is 6.61 Å². The second-order valence-corrected chi connectivity index (χ2v) is 3.48. The highest BCUT2D eigenvalue weighted by molar-refractivity contribution is 5.99. The lowest BCUT2D eigenvalue weighted by molar-refractivity contribution is -0.136. The van der Waals surface area contributed by atoms with Gasteiger partial charge in [-0.1, -0.05) is 12.0 Å². The molecule has 0 bridgehead atoms. The van der Waals surface area contributed by atoms with Gasteiger partial charge in [-0.05, 0) is 24.6 Å². The Morgan fingerprint density at radius 1 is 1.53 bits per heavy atom. The number of rotatable bonds is 1. The number of hydrogen-bond donors (Lipinski definition) is 1. The van der Waals surface area contributed by atoms with E-state index >= 15 is 0 Å². The Morgan fingerprint density at radius 3 is 3.12 bits per heavy atom. The average molecular weight is 229 g/mol. The summed E-state index contributed by atoms with van der Waals surface area (Å²) in [6.07, 6.45) is 0. The Bertz CT molecular complexity index is 537. The standard InChI is InChI=1S/C13H11NO3/c1-2-17-12(15)7-6-9-4-3-5-10-11(9)8-14-13(10)16/h3-5H,2,8H2,1H3,(H,14,16). The molecule has 0 radical (unpaired) electrons. The van der Waals surface area contributed by atoms with Crippen molar-refractivity contribution < 1.29 is 14.3 Å². The largest absolute Gasteiger partial charge is 0.456 e. The van der Waals surface area contributed by atoms with Crippen LogP contribution in [-0.4, -0.2) is 18.5 Å². The minimum absolute atomic E-state index is 0.0974. The van der Waals surface area contributed by atoms with Gasteiger partial charge < -0.3 is 10.1 Å². The van der Waals surface area contributed by atoms with Crippen LogP contribution in [0, 0.1) is 11.8 Å². The summed E-state index contributed by atoms with van der Waals surface area (Å²) in [5.41, 5.74) is 2.16. The topological polar surface area (TPSA) is 55.4 Å². The normalized spacial score (nSPS) is 12.2. The van der Waals surface area contributed by atoms with Crippen LogP contribution in [0.4, 0.5) is 0 Å². The van der Waals surface area contributed by atoms with E-state index in [1.807, 2.05) is 0 Å². The van der Waals surface area contributed by atoms with E-state index in [4.69, 9.17) is 4.74 Å². The first-order valence-corrected chi connectivity index (χ1v) is 5.31. The Hall–Kier alpha value is -2.28. The van der Waals surface area contributed by atoms with E-state index < -0.39 is 5.97 Å². The van der Waals surface area contributed by atoms with Crippen LogP contribution in [0.2, 0.25) is 0 Å². The van der Waals surface area contributed by atoms with Crippen LogP contribution in [-0.2, 0) is 16.1 Å². The third kappa shape index (κ3) is 2.28. The molecule has 0 aromatic heterocycles. The van der Waals surface area contributed by atoms with Gasteiger partial charge in [-0.3, -0.25) is 4.79 Å². The molecule has 86 valence electrons. The molecule has 0 saturated carbocycles. The first-order chi connectivity index (χ1) is 8.22. The van der Waals surface area contributed by atoms with Crippen molar-refractivity contribution in [2.75, 3.05) is 6.61 Å². The van der Waals surface area contributed by atoms with Crippen LogP contribution in [0.5, 0.6) is 0 Å². The maximum absolute atomic E-state index is 11.4.